The van der Waals surface area contributed by atoms with Gasteiger partial charge in [-0.05, 0) is 42.9 Å². The van der Waals surface area contributed by atoms with E-state index in [1.165, 1.54) is 24.5 Å². The highest BCUT2D eigenvalue weighted by Crippen LogP contribution is 2.25. The van der Waals surface area contributed by atoms with Gasteiger partial charge in [-0.15, -0.1) is 0 Å². The molecule has 0 saturated carbocycles. The molecule has 0 spiro atoms. The Kier molecular flexibility index (Phi) is 7.43. The average Bonchev–Trinajstić information content (AvgIpc) is 2.90. The topological polar surface area (TPSA) is 133 Å². The summed E-state index contributed by atoms with van der Waals surface area (Å²) in [5, 5.41) is 13.1. The number of nitrogens with one attached hydrogen (secondary N) is 2. The van der Waals surface area contributed by atoms with Crippen molar-refractivity contribution in [2.45, 2.75) is 13.0 Å². The van der Waals surface area contributed by atoms with Crippen molar-refractivity contribution in [1.82, 2.24) is 24.8 Å². The largest absolute Gasteiger partial charge is 0.399 e. The van der Waals surface area contributed by atoms with Crippen molar-refractivity contribution in [3.8, 4) is 0 Å². The molecule has 4 aromatic rings. The molecule has 3 heterocycles. The number of nitrogens with two attached hydrogens (primary N) is 2. The van der Waals surface area contributed by atoms with E-state index < -0.39 is 5.82 Å². The molecule has 9 nitrogen and oxygen atoms in total. The number of aromatic nitrogens is 3. The molecule has 2 aromatic carbocycles. The molecule has 0 aliphatic carbocycles. The van der Waals surface area contributed by atoms with Crippen molar-refractivity contribution in [1.29, 1.82) is 5.41 Å². The summed E-state index contributed by atoms with van der Waals surface area (Å²) in [7, 11) is 2.16. The van der Waals surface area contributed by atoms with E-state index in [1.807, 2.05) is 24.3 Å². The summed E-state index contributed by atoms with van der Waals surface area (Å²) in [4.78, 5) is 18.3. The molecule has 0 unspecified atom stereocenters. The maximum absolute atomic E-state index is 14.0. The van der Waals surface area contributed by atoms with Crippen molar-refractivity contribution in [2.75, 3.05) is 56.6 Å². The van der Waals surface area contributed by atoms with Crippen LogP contribution in [0.5, 0.6) is 0 Å². The molecule has 0 amide bonds. The fourth-order valence-electron chi connectivity index (χ4n) is 4.76. The van der Waals surface area contributed by atoms with E-state index >= 15 is 0 Å². The van der Waals surface area contributed by atoms with E-state index in [-0.39, 0.29) is 17.2 Å². The summed E-state index contributed by atoms with van der Waals surface area (Å²) in [6.45, 7) is 5.60. The minimum atomic E-state index is -0.526. The van der Waals surface area contributed by atoms with Gasteiger partial charge >= 0.3 is 0 Å². The third-order valence-corrected chi connectivity index (χ3v) is 6.93. The zero-order chi connectivity index (χ0) is 26.6. The van der Waals surface area contributed by atoms with E-state index in [4.69, 9.17) is 21.9 Å². The maximum atomic E-state index is 14.0. The van der Waals surface area contributed by atoms with Crippen molar-refractivity contribution < 1.29 is 4.39 Å². The fourth-order valence-corrected chi connectivity index (χ4v) is 4.76. The molecule has 6 N–H and O–H groups in total. The minimum Gasteiger partial charge on any atom is -0.399 e. The van der Waals surface area contributed by atoms with Crippen molar-refractivity contribution in [2.24, 2.45) is 0 Å². The van der Waals surface area contributed by atoms with Gasteiger partial charge in [0, 0.05) is 68.0 Å². The second kappa shape index (κ2) is 11.1. The van der Waals surface area contributed by atoms with Gasteiger partial charge in [-0.3, -0.25) is 10.4 Å². The van der Waals surface area contributed by atoms with Crippen LogP contribution in [0.15, 0.2) is 54.9 Å². The van der Waals surface area contributed by atoms with Gasteiger partial charge in [0.1, 0.15) is 23.8 Å². The molecule has 1 aliphatic heterocycles. The number of pyridine rings is 1. The van der Waals surface area contributed by atoms with E-state index in [0.29, 0.717) is 23.5 Å². The Bertz CT molecular complexity index is 1440. The molecule has 0 atom stereocenters. The number of rotatable bonds is 8. The van der Waals surface area contributed by atoms with E-state index in [0.717, 1.165) is 61.3 Å². The molecular formula is C28H32FN9. The second-order valence-electron chi connectivity index (χ2n) is 9.67. The predicted molar refractivity (Wildman–Crippen MR) is 150 cm³/mol. The molecular weight excluding hydrogens is 481 g/mol. The van der Waals surface area contributed by atoms with Crippen LogP contribution in [0.1, 0.15) is 22.4 Å². The highest BCUT2D eigenvalue weighted by Gasteiger charge is 2.19. The lowest BCUT2D eigenvalue weighted by Crippen LogP contribution is -2.45. The molecule has 0 bridgehead atoms. The van der Waals surface area contributed by atoms with Crippen LogP contribution in [0.3, 0.4) is 0 Å². The lowest BCUT2D eigenvalue weighted by molar-refractivity contribution is 0.155. The summed E-state index contributed by atoms with van der Waals surface area (Å²) < 4.78 is 14.0. The third kappa shape index (κ3) is 5.71. The number of hydrogen-bond donors (Lipinski definition) is 4. The fraction of sp³-hybridized carbons (Fsp3) is 0.286. The van der Waals surface area contributed by atoms with Gasteiger partial charge in [0.2, 0.25) is 0 Å². The summed E-state index contributed by atoms with van der Waals surface area (Å²) in [5.74, 6) is -0.00678. The normalized spacial score (nSPS) is 14.6. The van der Waals surface area contributed by atoms with Crippen LogP contribution in [0.4, 0.5) is 21.7 Å². The molecule has 10 heteroatoms. The number of hydrogen-bond acceptors (Lipinski definition) is 9. The van der Waals surface area contributed by atoms with E-state index in [1.54, 1.807) is 0 Å². The highest BCUT2D eigenvalue weighted by molar-refractivity contribution is 6.16. The zero-order valence-electron chi connectivity index (χ0n) is 21.4. The van der Waals surface area contributed by atoms with E-state index in [9.17, 15) is 4.39 Å². The summed E-state index contributed by atoms with van der Waals surface area (Å²) in [6.07, 6.45) is 2.17. The van der Waals surface area contributed by atoms with Crippen LogP contribution >= 0.6 is 0 Å². The number of nitrogen functional groups attached to an aromatic ring is 2. The van der Waals surface area contributed by atoms with Crippen molar-refractivity contribution >= 4 is 33.9 Å². The van der Waals surface area contributed by atoms with Crippen LogP contribution in [0, 0.1) is 11.2 Å². The van der Waals surface area contributed by atoms with Crippen molar-refractivity contribution in [3.05, 3.63) is 83.1 Å². The quantitative estimate of drug-likeness (QED) is 0.209. The zero-order valence-corrected chi connectivity index (χ0v) is 21.4. The van der Waals surface area contributed by atoms with Crippen LogP contribution in [-0.4, -0.2) is 70.2 Å². The minimum absolute atomic E-state index is 0.0104. The van der Waals surface area contributed by atoms with E-state index in [2.05, 4.69) is 38.2 Å². The standard InChI is InChI=1S/C28H32FN9/c1-37-8-10-38(11-9-37)7-6-24-20(12-18-4-2-3-5-23(18)36-24)16-33-28-25(27(32)34-17-35-28)26(31)19-13-21(29)15-22(30)14-19/h2-5,12-15,17,31H,6-11,16,30H2,1H3,(H3,32,33,34,35). The van der Waals surface area contributed by atoms with Crippen LogP contribution < -0.4 is 16.8 Å². The second-order valence-corrected chi connectivity index (χ2v) is 9.67. The van der Waals surface area contributed by atoms with Gasteiger partial charge in [-0.1, -0.05) is 18.2 Å². The molecule has 0 radical (unpaired) electrons. The van der Waals surface area contributed by atoms with Gasteiger partial charge in [0.05, 0.1) is 16.8 Å². The average molecular weight is 514 g/mol. The number of nitrogens with zero attached hydrogens (tertiary/aromatic N) is 5. The number of piperazine rings is 1. The Labute approximate surface area is 221 Å². The molecule has 196 valence electrons. The maximum Gasteiger partial charge on any atom is 0.141 e. The molecule has 1 saturated heterocycles. The summed E-state index contributed by atoms with van der Waals surface area (Å²) in [5.41, 5.74) is 15.8. The van der Waals surface area contributed by atoms with Gasteiger partial charge in [0.25, 0.3) is 0 Å². The molecule has 38 heavy (non-hydrogen) atoms. The Morgan fingerprint density at radius 1 is 1.05 bits per heavy atom. The summed E-state index contributed by atoms with van der Waals surface area (Å²) in [6, 6.07) is 14.2. The first kappa shape index (κ1) is 25.5. The number of benzene rings is 2. The SMILES string of the molecule is CN1CCN(CCc2nc3ccccc3cc2CNc2ncnc(N)c2C(=N)c2cc(N)cc(F)c2)CC1. The number of halogens is 1. The van der Waals surface area contributed by atoms with Gasteiger partial charge < -0.3 is 26.6 Å². The Morgan fingerprint density at radius 2 is 1.84 bits per heavy atom. The first-order chi connectivity index (χ1) is 18.4. The first-order valence-corrected chi connectivity index (χ1v) is 12.7. The monoisotopic (exact) mass is 513 g/mol. The third-order valence-electron chi connectivity index (χ3n) is 6.93. The number of para-hydroxylation sites is 1. The lowest BCUT2D eigenvalue weighted by Gasteiger charge is -2.32. The predicted octanol–water partition coefficient (Wildman–Crippen LogP) is 3.15. The number of anilines is 3. The number of likely N-dealkylation sites (N-methyl/N-ethyl adjacent to an activating group) is 1. The molecule has 2 aromatic heterocycles. The van der Waals surface area contributed by atoms with Crippen molar-refractivity contribution in [3.63, 3.8) is 0 Å². The smallest absolute Gasteiger partial charge is 0.141 e. The van der Waals surface area contributed by atoms with Crippen LogP contribution in [0.25, 0.3) is 10.9 Å². The van der Waals surface area contributed by atoms with Crippen LogP contribution in [-0.2, 0) is 13.0 Å². The Morgan fingerprint density at radius 3 is 2.63 bits per heavy atom. The van der Waals surface area contributed by atoms with Gasteiger partial charge in [0.15, 0.2) is 0 Å². The molecule has 1 aliphatic rings. The van der Waals surface area contributed by atoms with Gasteiger partial charge in [-0.2, -0.15) is 0 Å². The number of fused-ring (bicyclic) bond motifs is 1. The highest BCUT2D eigenvalue weighted by atomic mass is 19.1. The Hall–Kier alpha value is -4.15. The summed E-state index contributed by atoms with van der Waals surface area (Å²) >= 11 is 0. The molecule has 1 fully saturated rings. The van der Waals surface area contributed by atoms with Crippen LogP contribution in [0.2, 0.25) is 0 Å². The molecule has 5 rings (SSSR count). The first-order valence-electron chi connectivity index (χ1n) is 12.7. The lowest BCUT2D eigenvalue weighted by atomic mass is 10.0. The van der Waals surface area contributed by atoms with Gasteiger partial charge in [-0.25, -0.2) is 14.4 Å². The Balaban J connectivity index is 1.41.